The van der Waals surface area contributed by atoms with Crippen LogP contribution < -0.4 is 0 Å². The molecule has 0 fully saturated rings. The third kappa shape index (κ3) is 1.82. The van der Waals surface area contributed by atoms with Gasteiger partial charge in [0.25, 0.3) is 0 Å². The van der Waals surface area contributed by atoms with Crippen molar-refractivity contribution in [3.05, 3.63) is 39.8 Å². The SMILES string of the molecule is CCc1ccsc1C(O)c1ccnn1C. The summed E-state index contributed by atoms with van der Waals surface area (Å²) in [4.78, 5) is 1.03. The first-order valence-electron chi connectivity index (χ1n) is 4.96. The zero-order valence-electron chi connectivity index (χ0n) is 8.84. The highest BCUT2D eigenvalue weighted by Gasteiger charge is 2.17. The second kappa shape index (κ2) is 4.16. The summed E-state index contributed by atoms with van der Waals surface area (Å²) in [6.07, 6.45) is 2.11. The van der Waals surface area contributed by atoms with Gasteiger partial charge in [-0.05, 0) is 29.5 Å². The highest BCUT2D eigenvalue weighted by molar-refractivity contribution is 7.10. The maximum atomic E-state index is 10.2. The smallest absolute Gasteiger partial charge is 0.130 e. The Balaban J connectivity index is 2.36. The molecule has 0 aliphatic heterocycles. The van der Waals surface area contributed by atoms with Gasteiger partial charge in [0.15, 0.2) is 0 Å². The van der Waals surface area contributed by atoms with E-state index >= 15 is 0 Å². The summed E-state index contributed by atoms with van der Waals surface area (Å²) in [5.74, 6) is 0. The van der Waals surface area contributed by atoms with Gasteiger partial charge in [-0.3, -0.25) is 4.68 Å². The molecule has 1 unspecified atom stereocenters. The van der Waals surface area contributed by atoms with E-state index < -0.39 is 6.10 Å². The number of aryl methyl sites for hydroxylation is 2. The number of aromatic nitrogens is 2. The second-order valence-corrected chi connectivity index (χ2v) is 4.39. The van der Waals surface area contributed by atoms with Crippen molar-refractivity contribution < 1.29 is 5.11 Å². The zero-order valence-corrected chi connectivity index (χ0v) is 9.66. The van der Waals surface area contributed by atoms with Gasteiger partial charge in [-0.1, -0.05) is 6.92 Å². The van der Waals surface area contributed by atoms with E-state index in [0.717, 1.165) is 17.0 Å². The minimum atomic E-state index is -0.549. The number of hydrogen-bond donors (Lipinski definition) is 1. The molecule has 0 aliphatic carbocycles. The molecular formula is C11H14N2OS. The molecular weight excluding hydrogens is 208 g/mol. The lowest BCUT2D eigenvalue weighted by atomic mass is 10.1. The van der Waals surface area contributed by atoms with E-state index in [2.05, 4.69) is 18.1 Å². The average Bonchev–Trinajstić information content (AvgIpc) is 2.84. The molecule has 1 atom stereocenters. The Morgan fingerprint density at radius 2 is 2.33 bits per heavy atom. The molecule has 2 rings (SSSR count). The van der Waals surface area contributed by atoms with Crippen molar-refractivity contribution in [2.45, 2.75) is 19.4 Å². The zero-order chi connectivity index (χ0) is 10.8. The summed E-state index contributed by atoms with van der Waals surface area (Å²) in [6, 6.07) is 3.92. The Bertz CT molecular complexity index is 447. The molecule has 0 spiro atoms. The van der Waals surface area contributed by atoms with Crippen molar-refractivity contribution in [2.75, 3.05) is 0 Å². The van der Waals surface area contributed by atoms with Crippen molar-refractivity contribution >= 4 is 11.3 Å². The van der Waals surface area contributed by atoms with E-state index in [9.17, 15) is 5.11 Å². The van der Waals surface area contributed by atoms with Gasteiger partial charge in [-0.15, -0.1) is 11.3 Å². The van der Waals surface area contributed by atoms with Gasteiger partial charge in [0.2, 0.25) is 0 Å². The summed E-state index contributed by atoms with van der Waals surface area (Å²) < 4.78 is 1.71. The Hall–Kier alpha value is -1.13. The third-order valence-electron chi connectivity index (χ3n) is 2.55. The maximum Gasteiger partial charge on any atom is 0.130 e. The van der Waals surface area contributed by atoms with Crippen molar-refractivity contribution in [2.24, 2.45) is 7.05 Å². The Kier molecular flexibility index (Phi) is 2.88. The standard InChI is InChI=1S/C11H14N2OS/c1-3-8-5-7-15-11(8)10(14)9-4-6-12-13(9)2/h4-7,10,14H,3H2,1-2H3. The molecule has 0 amide bonds. The van der Waals surface area contributed by atoms with Crippen LogP contribution >= 0.6 is 11.3 Å². The Labute approximate surface area is 93.0 Å². The quantitative estimate of drug-likeness (QED) is 0.864. The number of hydrogen-bond acceptors (Lipinski definition) is 3. The first kappa shape index (κ1) is 10.4. The fourth-order valence-corrected chi connectivity index (χ4v) is 2.66. The summed E-state index contributed by atoms with van der Waals surface area (Å²) in [7, 11) is 1.85. The number of thiophene rings is 1. The number of aliphatic hydroxyl groups excluding tert-OH is 1. The van der Waals surface area contributed by atoms with Gasteiger partial charge < -0.3 is 5.11 Å². The van der Waals surface area contributed by atoms with Gasteiger partial charge >= 0.3 is 0 Å². The third-order valence-corrected chi connectivity index (χ3v) is 3.56. The number of rotatable bonds is 3. The van der Waals surface area contributed by atoms with E-state index in [-0.39, 0.29) is 0 Å². The van der Waals surface area contributed by atoms with Crippen molar-refractivity contribution in [1.29, 1.82) is 0 Å². The molecule has 0 aromatic carbocycles. The molecule has 3 nitrogen and oxygen atoms in total. The molecule has 2 aromatic rings. The maximum absolute atomic E-state index is 10.2. The van der Waals surface area contributed by atoms with Gasteiger partial charge in [-0.25, -0.2) is 0 Å². The van der Waals surface area contributed by atoms with E-state index in [1.54, 1.807) is 22.2 Å². The lowest BCUT2D eigenvalue weighted by molar-refractivity contribution is 0.212. The van der Waals surface area contributed by atoms with Crippen LogP contribution in [0.1, 0.15) is 29.2 Å². The first-order valence-corrected chi connectivity index (χ1v) is 5.84. The minimum Gasteiger partial charge on any atom is -0.381 e. The monoisotopic (exact) mass is 222 g/mol. The second-order valence-electron chi connectivity index (χ2n) is 3.45. The van der Waals surface area contributed by atoms with E-state index in [1.807, 2.05) is 18.5 Å². The molecule has 15 heavy (non-hydrogen) atoms. The van der Waals surface area contributed by atoms with Crippen LogP contribution in [-0.4, -0.2) is 14.9 Å². The summed E-state index contributed by atoms with van der Waals surface area (Å²) in [5.41, 5.74) is 2.06. The van der Waals surface area contributed by atoms with Crippen molar-refractivity contribution in [3.63, 3.8) is 0 Å². The minimum absolute atomic E-state index is 0.549. The molecule has 2 heterocycles. The van der Waals surface area contributed by atoms with Crippen LogP contribution in [0.25, 0.3) is 0 Å². The summed E-state index contributed by atoms with van der Waals surface area (Å²) >= 11 is 1.60. The first-order chi connectivity index (χ1) is 7.24. The van der Waals surface area contributed by atoms with Crippen LogP contribution in [0.5, 0.6) is 0 Å². The predicted molar refractivity (Wildman–Crippen MR) is 61.0 cm³/mol. The topological polar surface area (TPSA) is 38.1 Å². The Morgan fingerprint density at radius 3 is 2.93 bits per heavy atom. The Morgan fingerprint density at radius 1 is 1.53 bits per heavy atom. The van der Waals surface area contributed by atoms with Gasteiger partial charge in [0, 0.05) is 18.1 Å². The highest BCUT2D eigenvalue weighted by atomic mass is 32.1. The van der Waals surface area contributed by atoms with Crippen LogP contribution in [0.3, 0.4) is 0 Å². The largest absolute Gasteiger partial charge is 0.381 e. The van der Waals surface area contributed by atoms with E-state index in [1.165, 1.54) is 5.56 Å². The molecule has 4 heteroatoms. The van der Waals surface area contributed by atoms with Crippen molar-refractivity contribution in [3.8, 4) is 0 Å². The summed E-state index contributed by atoms with van der Waals surface area (Å²) in [5, 5.41) is 16.3. The van der Waals surface area contributed by atoms with Crippen LogP contribution in [0.2, 0.25) is 0 Å². The van der Waals surface area contributed by atoms with Gasteiger partial charge in [0.1, 0.15) is 6.10 Å². The van der Waals surface area contributed by atoms with Crippen molar-refractivity contribution in [1.82, 2.24) is 9.78 Å². The van der Waals surface area contributed by atoms with E-state index in [4.69, 9.17) is 0 Å². The molecule has 0 bridgehead atoms. The fraction of sp³-hybridized carbons (Fsp3) is 0.364. The number of nitrogens with zero attached hydrogens (tertiary/aromatic N) is 2. The molecule has 0 aliphatic rings. The summed E-state index contributed by atoms with van der Waals surface area (Å²) in [6.45, 7) is 2.10. The molecule has 0 saturated carbocycles. The lowest BCUT2D eigenvalue weighted by Crippen LogP contribution is -2.06. The highest BCUT2D eigenvalue weighted by Crippen LogP contribution is 2.29. The van der Waals surface area contributed by atoms with Crippen LogP contribution in [-0.2, 0) is 13.5 Å². The predicted octanol–water partition coefficient (Wildman–Crippen LogP) is 2.13. The van der Waals surface area contributed by atoms with Gasteiger partial charge in [-0.2, -0.15) is 5.10 Å². The normalized spacial score (nSPS) is 13.0. The molecule has 0 saturated heterocycles. The molecule has 80 valence electrons. The van der Waals surface area contributed by atoms with Gasteiger partial charge in [0.05, 0.1) is 5.69 Å². The number of aliphatic hydroxyl groups is 1. The average molecular weight is 222 g/mol. The van der Waals surface area contributed by atoms with E-state index in [0.29, 0.717) is 0 Å². The molecule has 0 radical (unpaired) electrons. The van der Waals surface area contributed by atoms with Crippen LogP contribution in [0, 0.1) is 0 Å². The fourth-order valence-electron chi connectivity index (χ4n) is 1.67. The molecule has 1 N–H and O–H groups in total. The lowest BCUT2D eigenvalue weighted by Gasteiger charge is -2.11. The van der Waals surface area contributed by atoms with Crippen LogP contribution in [0.15, 0.2) is 23.7 Å². The van der Waals surface area contributed by atoms with Crippen LogP contribution in [0.4, 0.5) is 0 Å². The molecule has 2 aromatic heterocycles.